The lowest BCUT2D eigenvalue weighted by atomic mass is 10.0. The minimum atomic E-state index is -0.0474. The van der Waals surface area contributed by atoms with E-state index in [0.717, 1.165) is 39.4 Å². The van der Waals surface area contributed by atoms with Gasteiger partial charge in [-0.15, -0.1) is 11.3 Å². The first-order valence-corrected chi connectivity index (χ1v) is 10.8. The lowest BCUT2D eigenvalue weighted by Gasteiger charge is -2.03. The molecule has 0 unspecified atom stereocenters. The quantitative estimate of drug-likeness (QED) is 0.261. The van der Waals surface area contributed by atoms with Crippen LogP contribution in [-0.4, -0.2) is 15.7 Å². The molecule has 0 amide bonds. The van der Waals surface area contributed by atoms with Crippen molar-refractivity contribution in [3.8, 4) is 11.1 Å². The van der Waals surface area contributed by atoms with Gasteiger partial charge >= 0.3 is 0 Å². The summed E-state index contributed by atoms with van der Waals surface area (Å²) in [5.74, 6) is 0.930. The highest BCUT2D eigenvalue weighted by molar-refractivity contribution is 7.99. The Morgan fingerprint density at radius 3 is 2.48 bits per heavy atom. The second-order valence-corrected chi connectivity index (χ2v) is 8.67. The molecule has 0 saturated heterocycles. The van der Waals surface area contributed by atoms with E-state index >= 15 is 0 Å². The van der Waals surface area contributed by atoms with Crippen LogP contribution in [0.1, 0.15) is 16.9 Å². The molecule has 3 nitrogen and oxygen atoms in total. The molecule has 2 aromatic carbocycles. The van der Waals surface area contributed by atoms with Crippen molar-refractivity contribution in [2.45, 2.75) is 24.9 Å². The largest absolute Gasteiger partial charge is 0.301 e. The maximum absolute atomic E-state index is 12.8. The predicted octanol–water partition coefficient (Wildman–Crippen LogP) is 5.68. The Labute approximate surface area is 166 Å². The van der Waals surface area contributed by atoms with Gasteiger partial charge in [0.2, 0.25) is 0 Å². The second-order valence-electron chi connectivity index (χ2n) is 6.39. The molecule has 4 rings (SSSR count). The van der Waals surface area contributed by atoms with Gasteiger partial charge in [0.05, 0.1) is 5.39 Å². The van der Waals surface area contributed by atoms with Crippen LogP contribution in [0, 0.1) is 6.92 Å². The van der Waals surface area contributed by atoms with Crippen molar-refractivity contribution in [3.63, 3.8) is 0 Å². The zero-order chi connectivity index (χ0) is 18.6. The first-order valence-electron chi connectivity index (χ1n) is 8.98. The van der Waals surface area contributed by atoms with Crippen LogP contribution in [0.3, 0.4) is 0 Å². The number of nitrogens with one attached hydrogen (secondary N) is 1. The van der Waals surface area contributed by atoms with Crippen LogP contribution in [0.2, 0.25) is 0 Å². The molecule has 0 saturated carbocycles. The van der Waals surface area contributed by atoms with E-state index in [-0.39, 0.29) is 5.56 Å². The first kappa shape index (κ1) is 18.0. The monoisotopic (exact) mass is 392 g/mol. The van der Waals surface area contributed by atoms with E-state index in [2.05, 4.69) is 36.2 Å². The maximum atomic E-state index is 12.8. The van der Waals surface area contributed by atoms with Crippen molar-refractivity contribution < 1.29 is 0 Å². The molecule has 0 bridgehead atoms. The van der Waals surface area contributed by atoms with Gasteiger partial charge in [-0.1, -0.05) is 72.4 Å². The van der Waals surface area contributed by atoms with Crippen LogP contribution in [0.15, 0.2) is 70.6 Å². The Kier molecular flexibility index (Phi) is 5.41. The summed E-state index contributed by atoms with van der Waals surface area (Å²) in [6, 6.07) is 20.5. The number of H-pyrrole nitrogens is 1. The fraction of sp³-hybridized carbons (Fsp3) is 0.182. The minimum Gasteiger partial charge on any atom is -0.301 e. The highest BCUT2D eigenvalue weighted by Crippen LogP contribution is 2.35. The molecular weight excluding hydrogens is 372 g/mol. The average Bonchev–Trinajstić information content (AvgIpc) is 3.03. The fourth-order valence-electron chi connectivity index (χ4n) is 3.21. The molecule has 0 aliphatic rings. The number of aromatic amines is 1. The molecule has 2 aromatic heterocycles. The Bertz CT molecular complexity index is 1100. The number of aromatic nitrogens is 2. The molecule has 27 heavy (non-hydrogen) atoms. The van der Waals surface area contributed by atoms with E-state index in [1.54, 1.807) is 23.1 Å². The summed E-state index contributed by atoms with van der Waals surface area (Å²) >= 11 is 3.21. The molecule has 0 spiro atoms. The van der Waals surface area contributed by atoms with Gasteiger partial charge < -0.3 is 4.98 Å². The fourth-order valence-corrected chi connectivity index (χ4v) is 5.12. The second kappa shape index (κ2) is 8.11. The van der Waals surface area contributed by atoms with Gasteiger partial charge in [-0.05, 0) is 30.9 Å². The van der Waals surface area contributed by atoms with E-state index in [1.165, 1.54) is 5.56 Å². The predicted molar refractivity (Wildman–Crippen MR) is 116 cm³/mol. The Morgan fingerprint density at radius 2 is 1.74 bits per heavy atom. The molecule has 0 fully saturated rings. The molecule has 136 valence electrons. The maximum Gasteiger partial charge on any atom is 0.260 e. The van der Waals surface area contributed by atoms with E-state index in [4.69, 9.17) is 4.98 Å². The van der Waals surface area contributed by atoms with Crippen molar-refractivity contribution in [3.05, 3.63) is 81.5 Å². The van der Waals surface area contributed by atoms with Gasteiger partial charge in [0, 0.05) is 16.2 Å². The Morgan fingerprint density at radius 1 is 1.04 bits per heavy atom. The molecule has 0 aliphatic carbocycles. The molecule has 2 heterocycles. The van der Waals surface area contributed by atoms with Crippen LogP contribution in [0.25, 0.3) is 21.3 Å². The van der Waals surface area contributed by atoms with Gasteiger partial charge in [0.15, 0.2) is 5.16 Å². The van der Waals surface area contributed by atoms with E-state index in [1.807, 2.05) is 36.4 Å². The minimum absolute atomic E-state index is 0.0474. The number of nitrogens with zero attached hydrogens (tertiary/aromatic N) is 1. The number of benzene rings is 2. The average molecular weight is 393 g/mol. The molecule has 5 heteroatoms. The number of thiophene rings is 1. The lowest BCUT2D eigenvalue weighted by molar-refractivity contribution is 0.920. The molecule has 0 radical (unpaired) electrons. The van der Waals surface area contributed by atoms with Crippen LogP contribution >= 0.6 is 23.1 Å². The molecule has 1 N–H and O–H groups in total. The van der Waals surface area contributed by atoms with Crippen molar-refractivity contribution in [2.24, 2.45) is 0 Å². The molecule has 4 aromatic rings. The zero-order valence-electron chi connectivity index (χ0n) is 15.1. The molecule has 0 aliphatic heterocycles. The van der Waals surface area contributed by atoms with Crippen molar-refractivity contribution in [1.82, 2.24) is 9.97 Å². The standard InChI is InChI=1S/C22H20N2OS2/c1-15-18(17-12-6-3-7-13-17)19-20(25)23-22(24-21(19)27-15)26-14-8-11-16-9-4-2-5-10-16/h2-7,9-10,12-13H,8,11,14H2,1H3,(H,23,24,25). The van der Waals surface area contributed by atoms with Crippen LogP contribution in [-0.2, 0) is 6.42 Å². The third-order valence-corrected chi connectivity index (χ3v) is 6.43. The van der Waals surface area contributed by atoms with Gasteiger partial charge in [0.25, 0.3) is 5.56 Å². The van der Waals surface area contributed by atoms with E-state index < -0.39 is 0 Å². The van der Waals surface area contributed by atoms with Gasteiger partial charge in [0.1, 0.15) is 4.83 Å². The topological polar surface area (TPSA) is 45.8 Å². The highest BCUT2D eigenvalue weighted by Gasteiger charge is 2.16. The summed E-state index contributed by atoms with van der Waals surface area (Å²) in [5, 5.41) is 1.42. The molecular formula is C22H20N2OS2. The third-order valence-electron chi connectivity index (χ3n) is 4.47. The number of hydrogen-bond acceptors (Lipinski definition) is 4. The molecule has 0 atom stereocenters. The number of thioether (sulfide) groups is 1. The normalized spacial score (nSPS) is 11.1. The number of hydrogen-bond donors (Lipinski definition) is 1. The number of aryl methyl sites for hydroxylation is 2. The SMILES string of the molecule is Cc1sc2nc(SCCCc3ccccc3)[nH]c(=O)c2c1-c1ccccc1. The number of fused-ring (bicyclic) bond motifs is 1. The van der Waals surface area contributed by atoms with Gasteiger partial charge in [-0.3, -0.25) is 4.79 Å². The van der Waals surface area contributed by atoms with Crippen LogP contribution in [0.5, 0.6) is 0 Å². The summed E-state index contributed by atoms with van der Waals surface area (Å²) < 4.78 is 0. The summed E-state index contributed by atoms with van der Waals surface area (Å²) in [5.41, 5.74) is 3.37. The van der Waals surface area contributed by atoms with Crippen molar-refractivity contribution in [2.75, 3.05) is 5.75 Å². The van der Waals surface area contributed by atoms with Crippen LogP contribution in [0.4, 0.5) is 0 Å². The zero-order valence-corrected chi connectivity index (χ0v) is 16.7. The lowest BCUT2D eigenvalue weighted by Crippen LogP contribution is -2.09. The van der Waals surface area contributed by atoms with Gasteiger partial charge in [-0.2, -0.15) is 0 Å². The summed E-state index contributed by atoms with van der Waals surface area (Å²) in [6.45, 7) is 2.06. The highest BCUT2D eigenvalue weighted by atomic mass is 32.2. The van der Waals surface area contributed by atoms with Crippen molar-refractivity contribution >= 4 is 33.3 Å². The van der Waals surface area contributed by atoms with E-state index in [0.29, 0.717) is 10.5 Å². The van der Waals surface area contributed by atoms with Crippen LogP contribution < -0.4 is 5.56 Å². The first-order chi connectivity index (χ1) is 13.2. The smallest absolute Gasteiger partial charge is 0.260 e. The van der Waals surface area contributed by atoms with Crippen molar-refractivity contribution in [1.29, 1.82) is 0 Å². The Hall–Kier alpha value is -2.37. The Balaban J connectivity index is 1.53. The van der Waals surface area contributed by atoms with E-state index in [9.17, 15) is 4.79 Å². The summed E-state index contributed by atoms with van der Waals surface area (Å²) in [4.78, 5) is 22.4. The third kappa shape index (κ3) is 3.99. The number of rotatable bonds is 6. The summed E-state index contributed by atoms with van der Waals surface area (Å²) in [6.07, 6.45) is 2.09. The summed E-state index contributed by atoms with van der Waals surface area (Å²) in [7, 11) is 0. The van der Waals surface area contributed by atoms with Gasteiger partial charge in [-0.25, -0.2) is 4.98 Å².